The highest BCUT2D eigenvalue weighted by atomic mass is 16.1. The van der Waals surface area contributed by atoms with E-state index in [4.69, 9.17) is 0 Å². The Labute approximate surface area is 82.2 Å². The molecule has 0 unspecified atom stereocenters. The molecule has 0 aromatic heterocycles. The number of Topliss-reactive ketones (excluding diaryl/α,β-unsaturated/α-hetero) is 1. The van der Waals surface area contributed by atoms with E-state index in [-0.39, 0.29) is 5.41 Å². The van der Waals surface area contributed by atoms with Crippen molar-refractivity contribution in [2.24, 2.45) is 5.41 Å². The molecule has 0 bridgehead atoms. The van der Waals surface area contributed by atoms with Crippen molar-refractivity contribution < 1.29 is 4.79 Å². The molecule has 0 atom stereocenters. The maximum absolute atomic E-state index is 11.4. The predicted octanol–water partition coefficient (Wildman–Crippen LogP) is 3.74. The Morgan fingerprint density at radius 3 is 2.23 bits per heavy atom. The van der Waals surface area contributed by atoms with Gasteiger partial charge in [-0.1, -0.05) is 46.3 Å². The highest BCUT2D eigenvalue weighted by Crippen LogP contribution is 2.26. The highest BCUT2D eigenvalue weighted by Gasteiger charge is 2.16. The van der Waals surface area contributed by atoms with Crippen LogP contribution in [0.15, 0.2) is 12.2 Å². The first kappa shape index (κ1) is 12.4. The Kier molecular flexibility index (Phi) is 4.97. The zero-order chi connectivity index (χ0) is 10.5. The van der Waals surface area contributed by atoms with Crippen molar-refractivity contribution in [2.75, 3.05) is 0 Å². The van der Waals surface area contributed by atoms with Gasteiger partial charge in [0.25, 0.3) is 0 Å². The van der Waals surface area contributed by atoms with Crippen LogP contribution in [-0.2, 0) is 4.79 Å². The number of allylic oxidation sites excluding steroid dienone is 1. The molecule has 0 aromatic rings. The molecular weight excluding hydrogens is 160 g/mol. The van der Waals surface area contributed by atoms with Crippen LogP contribution in [-0.4, -0.2) is 5.78 Å². The zero-order valence-corrected chi connectivity index (χ0v) is 9.44. The Balaban J connectivity index is 3.86. The Morgan fingerprint density at radius 1 is 1.31 bits per heavy atom. The number of unbranched alkanes of at least 4 members (excludes halogenated alkanes) is 1. The minimum atomic E-state index is 0.0713. The van der Waals surface area contributed by atoms with Crippen molar-refractivity contribution in [3.05, 3.63) is 12.2 Å². The van der Waals surface area contributed by atoms with E-state index in [0.717, 1.165) is 18.4 Å². The molecule has 0 fully saturated rings. The van der Waals surface area contributed by atoms with Crippen LogP contribution in [0.4, 0.5) is 0 Å². The van der Waals surface area contributed by atoms with E-state index < -0.39 is 0 Å². The summed E-state index contributed by atoms with van der Waals surface area (Å²) in [6.07, 6.45) is 3.37. The predicted molar refractivity (Wildman–Crippen MR) is 57.7 cm³/mol. The lowest BCUT2D eigenvalue weighted by Gasteiger charge is -2.21. The van der Waals surface area contributed by atoms with Gasteiger partial charge in [-0.15, -0.1) is 0 Å². The van der Waals surface area contributed by atoms with Gasteiger partial charge >= 0.3 is 0 Å². The quantitative estimate of drug-likeness (QED) is 0.592. The molecule has 1 nitrogen and oxygen atoms in total. The van der Waals surface area contributed by atoms with Crippen molar-refractivity contribution in [3.8, 4) is 0 Å². The summed E-state index contributed by atoms with van der Waals surface area (Å²) in [6, 6.07) is 0. The van der Waals surface area contributed by atoms with Gasteiger partial charge in [0.15, 0.2) is 0 Å². The van der Waals surface area contributed by atoms with E-state index in [0.29, 0.717) is 18.6 Å². The zero-order valence-electron chi connectivity index (χ0n) is 9.44. The van der Waals surface area contributed by atoms with Gasteiger partial charge in [0.1, 0.15) is 5.78 Å². The summed E-state index contributed by atoms with van der Waals surface area (Å²) in [5.41, 5.74) is 1.12. The van der Waals surface area contributed by atoms with Crippen molar-refractivity contribution >= 4 is 5.78 Å². The minimum Gasteiger partial charge on any atom is -0.299 e. The molecule has 0 rings (SSSR count). The molecule has 0 saturated heterocycles. The fourth-order valence-corrected chi connectivity index (χ4v) is 0.966. The fraction of sp³-hybridized carbons (Fsp3) is 0.750. The molecule has 0 aliphatic rings. The lowest BCUT2D eigenvalue weighted by molar-refractivity contribution is -0.118. The van der Waals surface area contributed by atoms with Gasteiger partial charge in [-0.05, 0) is 11.8 Å². The summed E-state index contributed by atoms with van der Waals surface area (Å²) in [5.74, 6) is 0.335. The standard InChI is InChI=1S/C12H22O/c1-6-7-8-11(13)9-10(2)12(3,4)5/h2,6-9H2,1,3-5H3. The Hall–Kier alpha value is -0.590. The number of carbonyl (C=O) groups is 1. The Morgan fingerprint density at radius 2 is 1.85 bits per heavy atom. The van der Waals surface area contributed by atoms with E-state index >= 15 is 0 Å². The molecule has 76 valence electrons. The smallest absolute Gasteiger partial charge is 0.136 e. The summed E-state index contributed by atoms with van der Waals surface area (Å²) in [7, 11) is 0. The second kappa shape index (κ2) is 5.21. The lowest BCUT2D eigenvalue weighted by atomic mass is 9.84. The van der Waals surface area contributed by atoms with Gasteiger partial charge in [0.05, 0.1) is 0 Å². The van der Waals surface area contributed by atoms with Crippen LogP contribution in [0.25, 0.3) is 0 Å². The van der Waals surface area contributed by atoms with Crippen LogP contribution in [0.5, 0.6) is 0 Å². The average Bonchev–Trinajstić information content (AvgIpc) is 1.99. The van der Waals surface area contributed by atoms with E-state index in [1.165, 1.54) is 0 Å². The summed E-state index contributed by atoms with van der Waals surface area (Å²) in [4.78, 5) is 11.4. The summed E-state index contributed by atoms with van der Waals surface area (Å²) >= 11 is 0. The van der Waals surface area contributed by atoms with E-state index in [9.17, 15) is 4.79 Å². The first-order valence-electron chi connectivity index (χ1n) is 5.08. The van der Waals surface area contributed by atoms with Crippen molar-refractivity contribution in [3.63, 3.8) is 0 Å². The molecule has 13 heavy (non-hydrogen) atoms. The van der Waals surface area contributed by atoms with E-state index in [1.807, 2.05) is 0 Å². The van der Waals surface area contributed by atoms with Crippen molar-refractivity contribution in [1.29, 1.82) is 0 Å². The number of hydrogen-bond donors (Lipinski definition) is 0. The molecular formula is C12H22O. The van der Waals surface area contributed by atoms with Crippen molar-refractivity contribution in [2.45, 2.75) is 53.4 Å². The molecule has 0 aliphatic heterocycles. The molecule has 0 heterocycles. The van der Waals surface area contributed by atoms with Gasteiger partial charge < -0.3 is 0 Å². The highest BCUT2D eigenvalue weighted by molar-refractivity contribution is 5.80. The molecule has 0 amide bonds. The first-order chi connectivity index (χ1) is 5.88. The number of hydrogen-bond acceptors (Lipinski definition) is 1. The largest absolute Gasteiger partial charge is 0.299 e. The summed E-state index contributed by atoms with van der Waals surface area (Å²) < 4.78 is 0. The second-order valence-electron chi connectivity index (χ2n) is 4.67. The van der Waals surface area contributed by atoms with E-state index in [1.54, 1.807) is 0 Å². The molecule has 0 radical (unpaired) electrons. The third-order valence-corrected chi connectivity index (χ3v) is 2.28. The first-order valence-corrected chi connectivity index (χ1v) is 5.08. The summed E-state index contributed by atoms with van der Waals surface area (Å²) in [6.45, 7) is 12.4. The van der Waals surface area contributed by atoms with Crippen LogP contribution in [0.1, 0.15) is 53.4 Å². The van der Waals surface area contributed by atoms with Gasteiger partial charge in [-0.3, -0.25) is 4.79 Å². The minimum absolute atomic E-state index is 0.0713. The van der Waals surface area contributed by atoms with Crippen LogP contribution >= 0.6 is 0 Å². The van der Waals surface area contributed by atoms with Crippen LogP contribution in [0.3, 0.4) is 0 Å². The van der Waals surface area contributed by atoms with Gasteiger partial charge in [0.2, 0.25) is 0 Å². The van der Waals surface area contributed by atoms with Crippen LogP contribution < -0.4 is 0 Å². The lowest BCUT2D eigenvalue weighted by Crippen LogP contribution is -2.12. The van der Waals surface area contributed by atoms with Crippen LogP contribution in [0, 0.1) is 5.41 Å². The number of rotatable bonds is 5. The third kappa shape index (κ3) is 5.62. The molecule has 0 saturated carbocycles. The molecule has 0 N–H and O–H groups in total. The molecule has 1 heteroatoms. The molecule has 0 spiro atoms. The Bertz CT molecular complexity index is 184. The number of ketones is 1. The topological polar surface area (TPSA) is 17.1 Å². The van der Waals surface area contributed by atoms with Crippen LogP contribution in [0.2, 0.25) is 0 Å². The summed E-state index contributed by atoms with van der Waals surface area (Å²) in [5, 5.41) is 0. The fourth-order valence-electron chi connectivity index (χ4n) is 0.966. The second-order valence-corrected chi connectivity index (χ2v) is 4.67. The number of carbonyl (C=O) groups excluding carboxylic acids is 1. The average molecular weight is 182 g/mol. The SMILES string of the molecule is C=C(CC(=O)CCCC)C(C)(C)C. The normalized spacial score (nSPS) is 11.4. The van der Waals surface area contributed by atoms with E-state index in [2.05, 4.69) is 34.3 Å². The molecule has 0 aromatic carbocycles. The van der Waals surface area contributed by atoms with Gasteiger partial charge in [0, 0.05) is 12.8 Å². The maximum Gasteiger partial charge on any atom is 0.136 e. The third-order valence-electron chi connectivity index (χ3n) is 2.28. The van der Waals surface area contributed by atoms with Gasteiger partial charge in [-0.2, -0.15) is 0 Å². The molecule has 0 aliphatic carbocycles. The monoisotopic (exact) mass is 182 g/mol. The van der Waals surface area contributed by atoms with Crippen molar-refractivity contribution in [1.82, 2.24) is 0 Å². The van der Waals surface area contributed by atoms with Gasteiger partial charge in [-0.25, -0.2) is 0 Å². The maximum atomic E-state index is 11.4.